The molecule has 100 valence electrons. The maximum absolute atomic E-state index is 11.0. The van der Waals surface area contributed by atoms with Crippen LogP contribution in [0.25, 0.3) is 0 Å². The molecule has 0 amide bonds. The standard InChI is InChI=1S/C15H17NO3/c1-10-6-11(2)8-12(7-10)16(3)9-14-13(15(17)18)4-5-19-14/h4-8H,9H2,1-3H3,(H,17,18). The molecule has 19 heavy (non-hydrogen) atoms. The van der Waals surface area contributed by atoms with Crippen LogP contribution >= 0.6 is 0 Å². The highest BCUT2D eigenvalue weighted by molar-refractivity contribution is 5.88. The number of carboxylic acids is 1. The van der Waals surface area contributed by atoms with Gasteiger partial charge < -0.3 is 14.4 Å². The van der Waals surface area contributed by atoms with Gasteiger partial charge in [0.15, 0.2) is 0 Å². The molecular weight excluding hydrogens is 242 g/mol. The first-order valence-electron chi connectivity index (χ1n) is 6.06. The van der Waals surface area contributed by atoms with Crippen LogP contribution in [0.15, 0.2) is 34.9 Å². The zero-order valence-electron chi connectivity index (χ0n) is 11.3. The van der Waals surface area contributed by atoms with Crippen LogP contribution in [0.4, 0.5) is 5.69 Å². The lowest BCUT2D eigenvalue weighted by Gasteiger charge is -2.19. The molecule has 0 saturated carbocycles. The molecule has 0 atom stereocenters. The molecule has 4 nitrogen and oxygen atoms in total. The average Bonchev–Trinajstić information content (AvgIpc) is 2.75. The second kappa shape index (κ2) is 5.18. The molecule has 1 aromatic carbocycles. The van der Waals surface area contributed by atoms with Gasteiger partial charge in [-0.1, -0.05) is 6.07 Å². The van der Waals surface area contributed by atoms with Crippen molar-refractivity contribution < 1.29 is 14.3 Å². The number of nitrogens with zero attached hydrogens (tertiary/aromatic N) is 1. The lowest BCUT2D eigenvalue weighted by Crippen LogP contribution is -2.17. The molecule has 1 aromatic heterocycles. The van der Waals surface area contributed by atoms with E-state index < -0.39 is 5.97 Å². The number of rotatable bonds is 4. The van der Waals surface area contributed by atoms with E-state index in [4.69, 9.17) is 9.52 Å². The summed E-state index contributed by atoms with van der Waals surface area (Å²) < 4.78 is 5.26. The first-order chi connectivity index (χ1) is 8.97. The van der Waals surface area contributed by atoms with Crippen molar-refractivity contribution in [3.8, 4) is 0 Å². The van der Waals surface area contributed by atoms with Crippen molar-refractivity contribution >= 4 is 11.7 Å². The summed E-state index contributed by atoms with van der Waals surface area (Å²) >= 11 is 0. The number of benzene rings is 1. The quantitative estimate of drug-likeness (QED) is 0.915. The predicted molar refractivity (Wildman–Crippen MR) is 73.7 cm³/mol. The second-order valence-corrected chi connectivity index (χ2v) is 4.76. The number of hydrogen-bond donors (Lipinski definition) is 1. The summed E-state index contributed by atoms with van der Waals surface area (Å²) in [5.74, 6) is -0.494. The van der Waals surface area contributed by atoms with Crippen molar-refractivity contribution in [2.24, 2.45) is 0 Å². The molecule has 0 spiro atoms. The summed E-state index contributed by atoms with van der Waals surface area (Å²) in [5.41, 5.74) is 3.63. The Bertz CT molecular complexity index is 581. The van der Waals surface area contributed by atoms with Crippen LogP contribution in [0.3, 0.4) is 0 Å². The first kappa shape index (κ1) is 13.2. The molecular formula is C15H17NO3. The van der Waals surface area contributed by atoms with Crippen LogP contribution in [0.1, 0.15) is 27.2 Å². The maximum atomic E-state index is 11.0. The van der Waals surface area contributed by atoms with Crippen LogP contribution in [-0.4, -0.2) is 18.1 Å². The normalized spacial score (nSPS) is 10.5. The summed E-state index contributed by atoms with van der Waals surface area (Å²) in [6, 6.07) is 7.71. The van der Waals surface area contributed by atoms with Crippen molar-refractivity contribution in [3.05, 3.63) is 53.0 Å². The van der Waals surface area contributed by atoms with Crippen molar-refractivity contribution in [1.82, 2.24) is 0 Å². The van der Waals surface area contributed by atoms with Gasteiger partial charge in [-0.05, 0) is 43.2 Å². The summed E-state index contributed by atoms with van der Waals surface area (Å²) in [7, 11) is 1.92. The van der Waals surface area contributed by atoms with Crippen molar-refractivity contribution in [1.29, 1.82) is 0 Å². The molecule has 0 bridgehead atoms. The van der Waals surface area contributed by atoms with Crippen LogP contribution in [0.5, 0.6) is 0 Å². The van der Waals surface area contributed by atoms with Gasteiger partial charge in [0.05, 0.1) is 12.8 Å². The van der Waals surface area contributed by atoms with Gasteiger partial charge in [0.1, 0.15) is 11.3 Å². The monoisotopic (exact) mass is 259 g/mol. The van der Waals surface area contributed by atoms with E-state index in [-0.39, 0.29) is 5.56 Å². The molecule has 2 aromatic rings. The molecule has 0 aliphatic carbocycles. The minimum absolute atomic E-state index is 0.219. The molecule has 0 saturated heterocycles. The molecule has 0 aliphatic heterocycles. The highest BCUT2D eigenvalue weighted by atomic mass is 16.4. The van der Waals surface area contributed by atoms with Crippen molar-refractivity contribution in [2.75, 3.05) is 11.9 Å². The van der Waals surface area contributed by atoms with E-state index >= 15 is 0 Å². The van der Waals surface area contributed by atoms with Gasteiger partial charge in [0.25, 0.3) is 0 Å². The van der Waals surface area contributed by atoms with E-state index in [1.807, 2.05) is 25.8 Å². The molecule has 1 N–H and O–H groups in total. The fraction of sp³-hybridized carbons (Fsp3) is 0.267. The van der Waals surface area contributed by atoms with Crippen LogP contribution in [0.2, 0.25) is 0 Å². The number of anilines is 1. The highest BCUT2D eigenvalue weighted by Gasteiger charge is 2.15. The molecule has 0 unspecified atom stereocenters. The Morgan fingerprint density at radius 2 is 1.89 bits per heavy atom. The van der Waals surface area contributed by atoms with Gasteiger partial charge in [-0.2, -0.15) is 0 Å². The Morgan fingerprint density at radius 1 is 1.26 bits per heavy atom. The van der Waals surface area contributed by atoms with Gasteiger partial charge in [0.2, 0.25) is 0 Å². The van der Waals surface area contributed by atoms with E-state index in [1.165, 1.54) is 23.5 Å². The average molecular weight is 259 g/mol. The Morgan fingerprint density at radius 3 is 2.47 bits per heavy atom. The largest absolute Gasteiger partial charge is 0.478 e. The Kier molecular flexibility index (Phi) is 3.60. The van der Waals surface area contributed by atoms with Gasteiger partial charge in [-0.3, -0.25) is 0 Å². The van der Waals surface area contributed by atoms with Gasteiger partial charge in [0, 0.05) is 12.7 Å². The molecule has 0 radical (unpaired) electrons. The Labute approximate surface area is 112 Å². The van der Waals surface area contributed by atoms with E-state index in [0.29, 0.717) is 12.3 Å². The van der Waals surface area contributed by atoms with E-state index in [2.05, 4.69) is 18.2 Å². The lowest BCUT2D eigenvalue weighted by molar-refractivity contribution is 0.0694. The third kappa shape index (κ3) is 2.96. The maximum Gasteiger partial charge on any atom is 0.339 e. The van der Waals surface area contributed by atoms with Crippen molar-refractivity contribution in [2.45, 2.75) is 20.4 Å². The molecule has 0 aliphatic rings. The topological polar surface area (TPSA) is 53.7 Å². The van der Waals surface area contributed by atoms with E-state index in [9.17, 15) is 4.79 Å². The Balaban J connectivity index is 2.23. The molecule has 2 rings (SSSR count). The number of aryl methyl sites for hydroxylation is 2. The lowest BCUT2D eigenvalue weighted by atomic mass is 10.1. The van der Waals surface area contributed by atoms with Gasteiger partial charge >= 0.3 is 5.97 Å². The smallest absolute Gasteiger partial charge is 0.339 e. The van der Waals surface area contributed by atoms with Crippen LogP contribution in [0, 0.1) is 13.8 Å². The van der Waals surface area contributed by atoms with Crippen LogP contribution < -0.4 is 4.90 Å². The summed E-state index contributed by atoms with van der Waals surface area (Å²) in [6.45, 7) is 4.51. The third-order valence-electron chi connectivity index (χ3n) is 3.00. The molecule has 1 heterocycles. The number of furan rings is 1. The second-order valence-electron chi connectivity index (χ2n) is 4.76. The summed E-state index contributed by atoms with van der Waals surface area (Å²) in [6.07, 6.45) is 1.41. The van der Waals surface area contributed by atoms with Crippen LogP contribution in [-0.2, 0) is 6.54 Å². The fourth-order valence-corrected chi connectivity index (χ4v) is 2.13. The number of carbonyl (C=O) groups is 1. The van der Waals surface area contributed by atoms with E-state index in [0.717, 1.165) is 5.69 Å². The fourth-order valence-electron chi connectivity index (χ4n) is 2.13. The van der Waals surface area contributed by atoms with Gasteiger partial charge in [-0.15, -0.1) is 0 Å². The van der Waals surface area contributed by atoms with Crippen molar-refractivity contribution in [3.63, 3.8) is 0 Å². The Hall–Kier alpha value is -2.23. The number of carboxylic acid groups (broad SMARTS) is 1. The summed E-state index contributed by atoms with van der Waals surface area (Å²) in [4.78, 5) is 13.0. The van der Waals surface area contributed by atoms with Gasteiger partial charge in [-0.25, -0.2) is 4.79 Å². The first-order valence-corrected chi connectivity index (χ1v) is 6.06. The summed E-state index contributed by atoms with van der Waals surface area (Å²) in [5, 5.41) is 9.05. The minimum atomic E-state index is -0.961. The number of aromatic carboxylic acids is 1. The molecule has 0 fully saturated rings. The third-order valence-corrected chi connectivity index (χ3v) is 3.00. The molecule has 4 heteroatoms. The zero-order chi connectivity index (χ0) is 14.0. The number of hydrogen-bond acceptors (Lipinski definition) is 3. The minimum Gasteiger partial charge on any atom is -0.478 e. The SMILES string of the molecule is Cc1cc(C)cc(N(C)Cc2occc2C(=O)O)c1. The van der Waals surface area contributed by atoms with E-state index in [1.54, 1.807) is 0 Å². The predicted octanol–water partition coefficient (Wildman–Crippen LogP) is 3.23. The zero-order valence-corrected chi connectivity index (χ0v) is 11.3. The highest BCUT2D eigenvalue weighted by Crippen LogP contribution is 2.21.